The Balaban J connectivity index is 2.67. The molecule has 102 valence electrons. The van der Waals surface area contributed by atoms with Crippen LogP contribution < -0.4 is 5.32 Å². The zero-order chi connectivity index (χ0) is 13.8. The number of benzene rings is 1. The Bertz CT molecular complexity index is 385. The predicted octanol–water partition coefficient (Wildman–Crippen LogP) is 5.23. The minimum Gasteiger partial charge on any atom is -0.308 e. The molecule has 18 heavy (non-hydrogen) atoms. The first kappa shape index (κ1) is 16.1. The van der Waals surface area contributed by atoms with Crippen molar-refractivity contribution < 1.29 is 0 Å². The first-order valence-corrected chi connectivity index (χ1v) is 8.19. The highest BCUT2D eigenvalue weighted by Crippen LogP contribution is 2.32. The molecule has 0 aliphatic heterocycles. The summed E-state index contributed by atoms with van der Waals surface area (Å²) in [6.45, 7) is 12.0. The predicted molar refractivity (Wildman–Crippen MR) is 86.3 cm³/mol. The van der Waals surface area contributed by atoms with Gasteiger partial charge in [-0.15, -0.1) is 11.8 Å². The van der Waals surface area contributed by atoms with E-state index in [1.54, 1.807) is 0 Å². The van der Waals surface area contributed by atoms with Crippen LogP contribution in [0.1, 0.15) is 46.6 Å². The first-order valence-electron chi connectivity index (χ1n) is 6.52. The van der Waals surface area contributed by atoms with Gasteiger partial charge in [0, 0.05) is 26.7 Å². The molecule has 0 heterocycles. The maximum Gasteiger partial charge on any atom is 0.0314 e. The van der Waals surface area contributed by atoms with Crippen LogP contribution in [0.5, 0.6) is 0 Å². The van der Waals surface area contributed by atoms with E-state index in [1.165, 1.54) is 21.4 Å². The van der Waals surface area contributed by atoms with Gasteiger partial charge >= 0.3 is 0 Å². The van der Waals surface area contributed by atoms with Gasteiger partial charge in [-0.1, -0.05) is 19.9 Å². The zero-order valence-electron chi connectivity index (χ0n) is 12.0. The number of nitrogens with one attached hydrogen (secondary N) is 1. The minimum atomic E-state index is 0.163. The Labute approximate surface area is 124 Å². The molecule has 0 fully saturated rings. The lowest BCUT2D eigenvalue weighted by atomic mass is 10.1. The second-order valence-electron chi connectivity index (χ2n) is 5.71. The Hall–Kier alpha value is 0.01000. The lowest BCUT2D eigenvalue weighted by molar-refractivity contribution is 0.424. The van der Waals surface area contributed by atoms with E-state index in [4.69, 9.17) is 0 Å². The van der Waals surface area contributed by atoms with Gasteiger partial charge in [-0.25, -0.2) is 0 Å². The van der Waals surface area contributed by atoms with Crippen LogP contribution in [0.2, 0.25) is 0 Å². The summed E-state index contributed by atoms with van der Waals surface area (Å²) in [4.78, 5) is 1.34. The molecule has 1 aromatic carbocycles. The lowest BCUT2D eigenvalue weighted by Gasteiger charge is -2.21. The van der Waals surface area contributed by atoms with Gasteiger partial charge < -0.3 is 5.32 Å². The van der Waals surface area contributed by atoms with Crippen molar-refractivity contribution in [1.29, 1.82) is 0 Å². The van der Waals surface area contributed by atoms with Crippen LogP contribution in [0, 0.1) is 0 Å². The summed E-state index contributed by atoms with van der Waals surface area (Å²) in [5, 5.41) is 4.18. The molecular formula is C15H24BrNS. The number of halogens is 1. The van der Waals surface area contributed by atoms with Crippen molar-refractivity contribution in [2.24, 2.45) is 0 Å². The van der Waals surface area contributed by atoms with Crippen molar-refractivity contribution in [3.63, 3.8) is 0 Å². The van der Waals surface area contributed by atoms with Crippen LogP contribution in [0.3, 0.4) is 0 Å². The molecule has 0 amide bonds. The normalized spacial score (nSPS) is 13.7. The summed E-state index contributed by atoms with van der Waals surface area (Å²) in [6, 6.07) is 6.66. The van der Waals surface area contributed by atoms with Gasteiger partial charge in [0.25, 0.3) is 0 Å². The van der Waals surface area contributed by atoms with Crippen molar-refractivity contribution in [3.05, 3.63) is 28.2 Å². The molecule has 1 aromatic rings. The van der Waals surface area contributed by atoms with Crippen molar-refractivity contribution in [2.45, 2.75) is 63.3 Å². The molecule has 1 unspecified atom stereocenters. The van der Waals surface area contributed by atoms with Crippen molar-refractivity contribution in [3.8, 4) is 0 Å². The van der Waals surface area contributed by atoms with Gasteiger partial charge in [0.1, 0.15) is 0 Å². The number of thioether (sulfide) groups is 1. The Morgan fingerprint density at radius 3 is 2.50 bits per heavy atom. The molecule has 1 nitrogen and oxygen atoms in total. The standard InChI is InChI=1S/C15H24BrNS/c1-6-11(2)18-14-8-7-12(9-13(14)16)10-17-15(3,4)5/h7-9,11,17H,6,10H2,1-5H3. The molecule has 0 aliphatic carbocycles. The van der Waals surface area contributed by atoms with Gasteiger partial charge in [0.15, 0.2) is 0 Å². The quantitative estimate of drug-likeness (QED) is 0.742. The maximum atomic E-state index is 3.68. The highest BCUT2D eigenvalue weighted by atomic mass is 79.9. The summed E-state index contributed by atoms with van der Waals surface area (Å²) in [7, 11) is 0. The van der Waals surface area contributed by atoms with Gasteiger partial charge in [-0.2, -0.15) is 0 Å². The van der Waals surface area contributed by atoms with Gasteiger partial charge in [0.2, 0.25) is 0 Å². The topological polar surface area (TPSA) is 12.0 Å². The van der Waals surface area contributed by atoms with Crippen LogP contribution >= 0.6 is 27.7 Å². The summed E-state index contributed by atoms with van der Waals surface area (Å²) >= 11 is 5.61. The third kappa shape index (κ3) is 5.77. The van der Waals surface area contributed by atoms with E-state index < -0.39 is 0 Å². The molecule has 0 bridgehead atoms. The molecule has 1 atom stereocenters. The molecule has 0 aromatic heterocycles. The van der Waals surface area contributed by atoms with Crippen LogP contribution in [-0.2, 0) is 6.54 Å². The highest BCUT2D eigenvalue weighted by Gasteiger charge is 2.10. The van der Waals surface area contributed by atoms with Crippen LogP contribution in [0.4, 0.5) is 0 Å². The second-order valence-corrected chi connectivity index (χ2v) is 8.04. The van der Waals surface area contributed by atoms with Crippen LogP contribution in [0.25, 0.3) is 0 Å². The van der Waals surface area contributed by atoms with E-state index in [0.717, 1.165) is 6.54 Å². The molecule has 0 saturated carbocycles. The summed E-state index contributed by atoms with van der Waals surface area (Å²) in [6.07, 6.45) is 1.20. The molecule has 1 N–H and O–H groups in total. The third-order valence-electron chi connectivity index (χ3n) is 2.72. The fourth-order valence-electron chi connectivity index (χ4n) is 1.42. The SMILES string of the molecule is CCC(C)Sc1ccc(CNC(C)(C)C)cc1Br. The molecule has 1 rings (SSSR count). The van der Waals surface area contributed by atoms with E-state index in [1.807, 2.05) is 11.8 Å². The van der Waals surface area contributed by atoms with Crippen molar-refractivity contribution in [1.82, 2.24) is 5.32 Å². The van der Waals surface area contributed by atoms with E-state index in [0.29, 0.717) is 5.25 Å². The fourth-order valence-corrected chi connectivity index (χ4v) is 3.04. The molecular weight excluding hydrogens is 306 g/mol. The fraction of sp³-hybridized carbons (Fsp3) is 0.600. The summed E-state index contributed by atoms with van der Waals surface area (Å²) in [5.74, 6) is 0. The largest absolute Gasteiger partial charge is 0.308 e. The number of hydrogen-bond acceptors (Lipinski definition) is 2. The van der Waals surface area contributed by atoms with Crippen LogP contribution in [0.15, 0.2) is 27.6 Å². The van der Waals surface area contributed by atoms with Crippen molar-refractivity contribution >= 4 is 27.7 Å². The Morgan fingerprint density at radius 1 is 1.33 bits per heavy atom. The van der Waals surface area contributed by atoms with Crippen molar-refractivity contribution in [2.75, 3.05) is 0 Å². The second kappa shape index (κ2) is 6.97. The Morgan fingerprint density at radius 2 is 2.00 bits per heavy atom. The molecule has 0 saturated heterocycles. The van der Waals surface area contributed by atoms with E-state index in [9.17, 15) is 0 Å². The smallest absolute Gasteiger partial charge is 0.0314 e. The average Bonchev–Trinajstić information content (AvgIpc) is 2.28. The number of rotatable bonds is 5. The summed E-state index contributed by atoms with van der Waals surface area (Å²) in [5.41, 5.74) is 1.49. The molecule has 0 aliphatic rings. The highest BCUT2D eigenvalue weighted by molar-refractivity contribution is 9.10. The maximum absolute atomic E-state index is 3.68. The van der Waals surface area contributed by atoms with E-state index >= 15 is 0 Å². The van der Waals surface area contributed by atoms with Gasteiger partial charge in [-0.05, 0) is 60.8 Å². The van der Waals surface area contributed by atoms with Gasteiger partial charge in [0.05, 0.1) is 0 Å². The number of hydrogen-bond donors (Lipinski definition) is 1. The zero-order valence-corrected chi connectivity index (χ0v) is 14.4. The minimum absolute atomic E-state index is 0.163. The third-order valence-corrected chi connectivity index (χ3v) is 4.99. The monoisotopic (exact) mass is 329 g/mol. The molecule has 3 heteroatoms. The molecule has 0 radical (unpaired) electrons. The summed E-state index contributed by atoms with van der Waals surface area (Å²) < 4.78 is 1.21. The lowest BCUT2D eigenvalue weighted by Crippen LogP contribution is -2.35. The average molecular weight is 330 g/mol. The first-order chi connectivity index (χ1) is 8.31. The Kier molecular flexibility index (Phi) is 6.22. The molecule has 0 spiro atoms. The van der Waals surface area contributed by atoms with Gasteiger partial charge in [-0.3, -0.25) is 0 Å². The van der Waals surface area contributed by atoms with E-state index in [-0.39, 0.29) is 5.54 Å². The van der Waals surface area contributed by atoms with Crippen LogP contribution in [-0.4, -0.2) is 10.8 Å². The van der Waals surface area contributed by atoms with E-state index in [2.05, 4.69) is 74.1 Å².